The van der Waals surface area contributed by atoms with Crippen molar-refractivity contribution in [3.8, 4) is 11.8 Å². The summed E-state index contributed by atoms with van der Waals surface area (Å²) in [4.78, 5) is 0. The van der Waals surface area contributed by atoms with E-state index in [0.717, 1.165) is 19.4 Å². The third kappa shape index (κ3) is 7.31. The average Bonchev–Trinajstić information content (AvgIpc) is 2.53. The Kier molecular flexibility index (Phi) is 11.3. The van der Waals surface area contributed by atoms with Crippen LogP contribution in [0.25, 0.3) is 0 Å². The van der Waals surface area contributed by atoms with Gasteiger partial charge in [-0.05, 0) is 54.0 Å². The van der Waals surface area contributed by atoms with E-state index in [1.165, 1.54) is 0 Å². The Morgan fingerprint density at radius 3 is 1.68 bits per heavy atom. The van der Waals surface area contributed by atoms with Crippen molar-refractivity contribution in [2.24, 2.45) is 5.92 Å². The Balaban J connectivity index is 5.54. The largest absolute Gasteiger partial charge is 0.417 e. The molecule has 28 heavy (non-hydrogen) atoms. The fourth-order valence-electron chi connectivity index (χ4n) is 4.17. The summed E-state index contributed by atoms with van der Waals surface area (Å²) in [5, 5.41) is 0.245. The smallest absolute Gasteiger partial charge is 0.200 e. The molecule has 0 heterocycles. The summed E-state index contributed by atoms with van der Waals surface area (Å²) in [6.07, 6.45) is 2.10. The summed E-state index contributed by atoms with van der Waals surface area (Å²) in [5.74, 6) is 6.78. The maximum absolute atomic E-state index is 7.19. The summed E-state index contributed by atoms with van der Waals surface area (Å²) in [5.41, 5.74) is 1.79. The minimum absolute atomic E-state index is 0.226. The van der Waals surface area contributed by atoms with E-state index in [2.05, 4.69) is 94.2 Å². The van der Waals surface area contributed by atoms with Crippen LogP contribution in [0.1, 0.15) is 89.0 Å². The SMILES string of the molecule is CC#CC[C@H](C)[C@@H](CCO[Si](C)(C)C(C)(C)C)O[Si](C(C)C)(C(C)C)C(C)C. The summed E-state index contributed by atoms with van der Waals surface area (Å²) < 4.78 is 13.7. The molecule has 2 nitrogen and oxygen atoms in total. The van der Waals surface area contributed by atoms with E-state index in [1.54, 1.807) is 0 Å². The summed E-state index contributed by atoms with van der Waals surface area (Å²) in [7, 11) is -3.65. The van der Waals surface area contributed by atoms with Gasteiger partial charge in [-0.1, -0.05) is 69.2 Å². The van der Waals surface area contributed by atoms with Gasteiger partial charge >= 0.3 is 0 Å². The van der Waals surface area contributed by atoms with Crippen LogP contribution in [0.4, 0.5) is 0 Å². The molecule has 0 amide bonds. The standard InChI is InChI=1S/C24H50O2Si2/c1-14-15-16-22(8)23(17-18-25-27(12,13)24(9,10)11)26-28(19(2)3,20(4)5)21(6)7/h19-23H,16-18H2,1-13H3/t22-,23+/m0/s1. The molecule has 0 aliphatic carbocycles. The maximum Gasteiger partial charge on any atom is 0.200 e. The lowest BCUT2D eigenvalue weighted by atomic mass is 9.99. The lowest BCUT2D eigenvalue weighted by Gasteiger charge is -2.46. The van der Waals surface area contributed by atoms with Crippen LogP contribution in [0, 0.1) is 17.8 Å². The average molecular weight is 427 g/mol. The molecule has 0 unspecified atom stereocenters. The van der Waals surface area contributed by atoms with E-state index in [9.17, 15) is 0 Å². The molecule has 0 fully saturated rings. The normalized spacial score (nSPS) is 15.7. The van der Waals surface area contributed by atoms with Gasteiger partial charge in [0.25, 0.3) is 0 Å². The highest BCUT2D eigenvalue weighted by atomic mass is 28.4. The van der Waals surface area contributed by atoms with Gasteiger partial charge < -0.3 is 8.85 Å². The molecular weight excluding hydrogens is 376 g/mol. The van der Waals surface area contributed by atoms with Crippen molar-refractivity contribution in [3.63, 3.8) is 0 Å². The molecule has 0 saturated carbocycles. The Bertz CT molecular complexity index is 485. The van der Waals surface area contributed by atoms with Crippen LogP contribution in [0.3, 0.4) is 0 Å². The monoisotopic (exact) mass is 426 g/mol. The molecule has 0 bridgehead atoms. The fraction of sp³-hybridized carbons (Fsp3) is 0.917. The van der Waals surface area contributed by atoms with Crippen molar-refractivity contribution < 1.29 is 8.85 Å². The van der Waals surface area contributed by atoms with E-state index in [0.29, 0.717) is 22.5 Å². The lowest BCUT2D eigenvalue weighted by Crippen LogP contribution is -2.51. The van der Waals surface area contributed by atoms with Gasteiger partial charge in [-0.2, -0.15) is 0 Å². The number of hydrogen-bond acceptors (Lipinski definition) is 2. The zero-order valence-electron chi connectivity index (χ0n) is 21.3. The third-order valence-electron chi connectivity index (χ3n) is 6.97. The van der Waals surface area contributed by atoms with Gasteiger partial charge in [0.15, 0.2) is 8.32 Å². The van der Waals surface area contributed by atoms with Gasteiger partial charge in [-0.15, -0.1) is 11.8 Å². The highest BCUT2D eigenvalue weighted by Crippen LogP contribution is 2.44. The Morgan fingerprint density at radius 2 is 1.32 bits per heavy atom. The second-order valence-electron chi connectivity index (χ2n) is 11.0. The van der Waals surface area contributed by atoms with E-state index >= 15 is 0 Å². The minimum Gasteiger partial charge on any atom is -0.417 e. The van der Waals surface area contributed by atoms with Gasteiger partial charge in [0.05, 0.1) is 6.10 Å². The van der Waals surface area contributed by atoms with Crippen molar-refractivity contribution in [1.82, 2.24) is 0 Å². The second kappa shape index (κ2) is 11.3. The van der Waals surface area contributed by atoms with Gasteiger partial charge in [0, 0.05) is 13.0 Å². The highest BCUT2D eigenvalue weighted by Gasteiger charge is 2.47. The molecule has 2 atom stereocenters. The molecule has 166 valence electrons. The Hall–Kier alpha value is -0.0862. The predicted octanol–water partition coefficient (Wildman–Crippen LogP) is 8.01. The maximum atomic E-state index is 7.19. The molecule has 0 aromatic heterocycles. The number of rotatable bonds is 11. The topological polar surface area (TPSA) is 18.5 Å². The molecule has 0 spiro atoms. The molecule has 4 heteroatoms. The van der Waals surface area contributed by atoms with Gasteiger partial charge in [-0.3, -0.25) is 0 Å². The Morgan fingerprint density at radius 1 is 0.857 bits per heavy atom. The number of hydrogen-bond donors (Lipinski definition) is 0. The van der Waals surface area contributed by atoms with Crippen molar-refractivity contribution in [2.75, 3.05) is 6.61 Å². The van der Waals surface area contributed by atoms with Crippen molar-refractivity contribution >= 4 is 16.6 Å². The zero-order valence-corrected chi connectivity index (χ0v) is 23.3. The van der Waals surface area contributed by atoms with Gasteiger partial charge in [0.1, 0.15) is 0 Å². The quantitative estimate of drug-likeness (QED) is 0.246. The van der Waals surface area contributed by atoms with Crippen LogP contribution in [0.15, 0.2) is 0 Å². The summed E-state index contributed by atoms with van der Waals surface area (Å²) >= 11 is 0. The third-order valence-corrected chi connectivity index (χ3v) is 17.6. The first-order chi connectivity index (χ1) is 12.6. The molecule has 0 aliphatic heterocycles. The first-order valence-corrected chi connectivity index (χ1v) is 16.4. The van der Waals surface area contributed by atoms with Crippen LogP contribution in [-0.4, -0.2) is 29.3 Å². The zero-order chi connectivity index (χ0) is 22.3. The van der Waals surface area contributed by atoms with E-state index in [-0.39, 0.29) is 11.1 Å². The molecule has 0 aliphatic rings. The first kappa shape index (κ1) is 27.9. The van der Waals surface area contributed by atoms with Crippen LogP contribution < -0.4 is 0 Å². The van der Waals surface area contributed by atoms with Gasteiger partial charge in [0.2, 0.25) is 8.32 Å². The van der Waals surface area contributed by atoms with E-state index < -0.39 is 16.6 Å². The van der Waals surface area contributed by atoms with Crippen LogP contribution in [-0.2, 0) is 8.85 Å². The predicted molar refractivity (Wildman–Crippen MR) is 131 cm³/mol. The highest BCUT2D eigenvalue weighted by molar-refractivity contribution is 6.77. The molecule has 0 aromatic carbocycles. The van der Waals surface area contributed by atoms with Crippen LogP contribution in [0.2, 0.25) is 34.8 Å². The summed E-state index contributed by atoms with van der Waals surface area (Å²) in [6, 6.07) is 0. The minimum atomic E-state index is -1.92. The van der Waals surface area contributed by atoms with Crippen LogP contribution >= 0.6 is 0 Å². The van der Waals surface area contributed by atoms with Crippen molar-refractivity contribution in [1.29, 1.82) is 0 Å². The Labute approximate surface area is 179 Å². The first-order valence-electron chi connectivity index (χ1n) is 11.3. The molecule has 0 aromatic rings. The van der Waals surface area contributed by atoms with Crippen LogP contribution in [0.5, 0.6) is 0 Å². The summed E-state index contributed by atoms with van der Waals surface area (Å²) in [6.45, 7) is 30.8. The molecule has 0 N–H and O–H groups in total. The molecule has 0 radical (unpaired) electrons. The van der Waals surface area contributed by atoms with E-state index in [1.807, 2.05) is 6.92 Å². The fourth-order valence-corrected chi connectivity index (χ4v) is 10.9. The van der Waals surface area contributed by atoms with Crippen molar-refractivity contribution in [3.05, 3.63) is 0 Å². The lowest BCUT2D eigenvalue weighted by molar-refractivity contribution is 0.0935. The van der Waals surface area contributed by atoms with E-state index in [4.69, 9.17) is 8.85 Å². The molecular formula is C24H50O2Si2. The molecule has 0 saturated heterocycles. The van der Waals surface area contributed by atoms with Crippen molar-refractivity contribution in [2.45, 2.75) is 130 Å². The second-order valence-corrected chi connectivity index (χ2v) is 21.2. The molecule has 0 rings (SSSR count). The van der Waals surface area contributed by atoms with Gasteiger partial charge in [-0.25, -0.2) is 0 Å².